The number of carbonyl (C=O) groups excluding carboxylic acids is 1. The highest BCUT2D eigenvalue weighted by atomic mass is 35.5. The number of hydrogen-bond donors (Lipinski definition) is 2. The van der Waals surface area contributed by atoms with Gasteiger partial charge in [0.25, 0.3) is 0 Å². The molecule has 2 unspecified atom stereocenters. The van der Waals surface area contributed by atoms with E-state index in [0.29, 0.717) is 0 Å². The van der Waals surface area contributed by atoms with Gasteiger partial charge >= 0.3 is 5.97 Å². The van der Waals surface area contributed by atoms with Crippen LogP contribution in [0.1, 0.15) is 27.2 Å². The van der Waals surface area contributed by atoms with Crippen LogP contribution in [0.4, 0.5) is 0 Å². The molecule has 0 amide bonds. The zero-order valence-corrected chi connectivity index (χ0v) is 13.9. The van der Waals surface area contributed by atoms with Crippen molar-refractivity contribution in [2.45, 2.75) is 39.3 Å². The highest BCUT2D eigenvalue weighted by Crippen LogP contribution is 2.03. The summed E-state index contributed by atoms with van der Waals surface area (Å²) in [6.07, 6.45) is 5.92. The average Bonchev–Trinajstić information content (AvgIpc) is 2.47. The van der Waals surface area contributed by atoms with Gasteiger partial charge in [-0.3, -0.25) is 4.79 Å². The van der Waals surface area contributed by atoms with Gasteiger partial charge in [0.1, 0.15) is 12.6 Å². The van der Waals surface area contributed by atoms with Gasteiger partial charge in [0.05, 0.1) is 6.10 Å². The van der Waals surface area contributed by atoms with Crippen molar-refractivity contribution in [3.8, 4) is 0 Å². The van der Waals surface area contributed by atoms with Gasteiger partial charge in [0, 0.05) is 20.0 Å². The summed E-state index contributed by atoms with van der Waals surface area (Å²) in [6, 6.07) is -0.566. The van der Waals surface area contributed by atoms with Crippen LogP contribution < -0.4 is 11.1 Å². The zero-order valence-electron chi connectivity index (χ0n) is 13.2. The molecule has 120 valence electrons. The molecule has 3 N–H and O–H groups in total. The highest BCUT2D eigenvalue weighted by molar-refractivity contribution is 6.15. The van der Waals surface area contributed by atoms with Gasteiger partial charge in [-0.2, -0.15) is 0 Å². The molecule has 0 aromatic heterocycles. The first kappa shape index (κ1) is 21.5. The van der Waals surface area contributed by atoms with Gasteiger partial charge in [-0.05, 0) is 25.5 Å². The molecule has 0 radical (unpaired) electrons. The molecule has 0 aromatic rings. The second-order valence-corrected chi connectivity index (χ2v) is 4.50. The molecule has 0 aliphatic heterocycles. The van der Waals surface area contributed by atoms with E-state index in [4.69, 9.17) is 15.2 Å². The number of methoxy groups -OCH3 is 1. The fourth-order valence-electron chi connectivity index (χ4n) is 1.26. The van der Waals surface area contributed by atoms with E-state index >= 15 is 0 Å². The summed E-state index contributed by atoms with van der Waals surface area (Å²) < 4.78 is 10.4. The molecule has 2 atom stereocenters. The van der Waals surface area contributed by atoms with Crippen molar-refractivity contribution in [3.05, 3.63) is 12.3 Å². The number of rotatable bonds is 9. The first-order valence-corrected chi connectivity index (χ1v) is 7.45. The lowest BCUT2D eigenvalue weighted by atomic mass is 10.1. The summed E-state index contributed by atoms with van der Waals surface area (Å²) in [4.78, 5) is 11.6. The van der Waals surface area contributed by atoms with Crippen LogP contribution in [-0.2, 0) is 14.3 Å². The van der Waals surface area contributed by atoms with Crippen LogP contribution >= 0.6 is 11.6 Å². The Kier molecular flexibility index (Phi) is 15.7. The van der Waals surface area contributed by atoms with Crippen LogP contribution in [0, 0.1) is 5.92 Å². The van der Waals surface area contributed by atoms with E-state index in [9.17, 15) is 4.79 Å². The van der Waals surface area contributed by atoms with Crippen molar-refractivity contribution in [2.75, 3.05) is 26.6 Å². The quantitative estimate of drug-likeness (QED) is 0.386. The molecule has 0 aliphatic rings. The summed E-state index contributed by atoms with van der Waals surface area (Å²) in [6.45, 7) is 6.74. The number of nitrogens with two attached hydrogens (primary N) is 1. The Morgan fingerprint density at radius 1 is 1.40 bits per heavy atom. The van der Waals surface area contributed by atoms with Crippen LogP contribution in [0.2, 0.25) is 0 Å². The minimum atomic E-state index is -0.566. The lowest BCUT2D eigenvalue weighted by Crippen LogP contribution is -2.38. The number of hydrogen-bond acceptors (Lipinski definition) is 5. The number of ether oxygens (including phenoxy) is 2. The lowest BCUT2D eigenvalue weighted by molar-refractivity contribution is -0.150. The first-order valence-electron chi connectivity index (χ1n) is 6.70. The number of allylic oxidation sites excluding steroid dienone is 1. The summed E-state index contributed by atoms with van der Waals surface area (Å²) in [5.41, 5.74) is 5.69. The fourth-order valence-corrected chi connectivity index (χ4v) is 1.26. The molecule has 5 nitrogen and oxygen atoms in total. The summed E-state index contributed by atoms with van der Waals surface area (Å²) in [7, 11) is 1.61. The predicted molar refractivity (Wildman–Crippen MR) is 83.8 cm³/mol. The van der Waals surface area contributed by atoms with Crippen LogP contribution in [0.5, 0.6) is 0 Å². The molecular weight excluding hydrogens is 280 g/mol. The Hall–Kier alpha value is -0.780. The smallest absolute Gasteiger partial charge is 0.323 e. The number of nitrogens with one attached hydrogen (secondary N) is 1. The second-order valence-electron chi connectivity index (χ2n) is 4.50. The monoisotopic (exact) mass is 308 g/mol. The molecule has 6 heteroatoms. The van der Waals surface area contributed by atoms with Crippen LogP contribution in [0.3, 0.4) is 0 Å². The highest BCUT2D eigenvalue weighted by Gasteiger charge is 2.20. The minimum absolute atomic E-state index is 0.0786. The number of esters is 1. The molecule has 0 aromatic carbocycles. The standard InChI is InChI=1S/C13H26N2O3.CH3Cl/c1-5-7-15-8-6-11(17-4)9-18-13(16)12(14)10(2)3;1-2/h5,7,10-12,15H,6,8-9,14H2,1-4H3;1H3/b7-5-;. The van der Waals surface area contributed by atoms with Crippen LogP contribution in [0.25, 0.3) is 0 Å². The van der Waals surface area contributed by atoms with Gasteiger partial charge < -0.3 is 20.5 Å². The van der Waals surface area contributed by atoms with Crippen molar-refractivity contribution in [3.63, 3.8) is 0 Å². The topological polar surface area (TPSA) is 73.6 Å². The molecule has 0 saturated carbocycles. The van der Waals surface area contributed by atoms with E-state index in [1.807, 2.05) is 33.0 Å². The molecule has 0 bridgehead atoms. The third-order valence-corrected chi connectivity index (χ3v) is 2.63. The molecule has 0 fully saturated rings. The van der Waals surface area contributed by atoms with Crippen molar-refractivity contribution in [2.24, 2.45) is 11.7 Å². The van der Waals surface area contributed by atoms with Gasteiger partial charge in [-0.15, -0.1) is 11.6 Å². The minimum Gasteiger partial charge on any atom is -0.462 e. The van der Waals surface area contributed by atoms with E-state index in [2.05, 4.69) is 16.9 Å². The lowest BCUT2D eigenvalue weighted by Gasteiger charge is -2.18. The summed E-state index contributed by atoms with van der Waals surface area (Å²) in [5, 5.41) is 3.10. The maximum atomic E-state index is 11.6. The summed E-state index contributed by atoms with van der Waals surface area (Å²) >= 11 is 4.64. The van der Waals surface area contributed by atoms with Crippen molar-refractivity contribution in [1.82, 2.24) is 5.32 Å². The van der Waals surface area contributed by atoms with Crippen molar-refractivity contribution < 1.29 is 14.3 Å². The number of carbonyl (C=O) groups is 1. The third kappa shape index (κ3) is 11.1. The Bertz CT molecular complexity index is 261. The molecule has 0 heterocycles. The molecule has 20 heavy (non-hydrogen) atoms. The fraction of sp³-hybridized carbons (Fsp3) is 0.786. The number of alkyl halides is 1. The summed E-state index contributed by atoms with van der Waals surface area (Å²) in [5.74, 6) is -0.289. The molecule has 0 spiro atoms. The Morgan fingerprint density at radius 2 is 2.00 bits per heavy atom. The maximum absolute atomic E-state index is 11.6. The van der Waals surface area contributed by atoms with E-state index in [0.717, 1.165) is 13.0 Å². The van der Waals surface area contributed by atoms with E-state index < -0.39 is 6.04 Å². The Morgan fingerprint density at radius 3 is 2.45 bits per heavy atom. The molecular formula is C14H29ClN2O3. The van der Waals surface area contributed by atoms with Gasteiger partial charge in [0.2, 0.25) is 0 Å². The molecule has 0 rings (SSSR count). The normalized spacial score (nSPS) is 13.6. The largest absolute Gasteiger partial charge is 0.462 e. The van der Waals surface area contributed by atoms with Crippen molar-refractivity contribution in [1.29, 1.82) is 0 Å². The van der Waals surface area contributed by atoms with Gasteiger partial charge in [-0.25, -0.2) is 0 Å². The van der Waals surface area contributed by atoms with Gasteiger partial charge in [-0.1, -0.05) is 19.9 Å². The predicted octanol–water partition coefficient (Wildman–Crippen LogP) is 1.90. The molecule has 0 aliphatic carbocycles. The maximum Gasteiger partial charge on any atom is 0.323 e. The van der Waals surface area contributed by atoms with Crippen molar-refractivity contribution >= 4 is 17.6 Å². The first-order chi connectivity index (χ1) is 9.52. The Labute approximate surface area is 127 Å². The van der Waals surface area contributed by atoms with Crippen LogP contribution in [-0.4, -0.2) is 44.8 Å². The molecule has 0 saturated heterocycles. The second kappa shape index (κ2) is 14.6. The average molecular weight is 309 g/mol. The third-order valence-electron chi connectivity index (χ3n) is 2.63. The Balaban J connectivity index is 0. The SMILES string of the molecule is C/C=C\NCCC(COC(=O)C(N)C(C)C)OC.CCl. The number of halogens is 1. The van der Waals surface area contributed by atoms with E-state index in [1.54, 1.807) is 7.11 Å². The van der Waals surface area contributed by atoms with Crippen LogP contribution in [0.15, 0.2) is 12.3 Å². The zero-order chi connectivity index (χ0) is 16.0. The van der Waals surface area contributed by atoms with Gasteiger partial charge in [0.15, 0.2) is 0 Å². The van der Waals surface area contributed by atoms with E-state index in [1.165, 1.54) is 6.38 Å². The van der Waals surface area contributed by atoms with E-state index in [-0.39, 0.29) is 24.6 Å².